The number of halogens is 1. The third-order valence-electron chi connectivity index (χ3n) is 2.87. The van der Waals surface area contributed by atoms with E-state index < -0.39 is 0 Å². The number of aliphatic imine (C=N–C) groups is 1. The number of nitrogens with zero attached hydrogens (tertiary/aromatic N) is 4. The second-order valence-corrected chi connectivity index (χ2v) is 5.04. The summed E-state index contributed by atoms with van der Waals surface area (Å²) >= 11 is 5.80. The highest BCUT2D eigenvalue weighted by molar-refractivity contribution is 6.29. The molecule has 108 valence electrons. The van der Waals surface area contributed by atoms with Crippen LogP contribution in [-0.4, -0.2) is 47.2 Å². The molecule has 1 aliphatic heterocycles. The van der Waals surface area contributed by atoms with Crippen molar-refractivity contribution in [3.05, 3.63) is 33.3 Å². The molecular weight excluding hydrogens is 280 g/mol. The second kappa shape index (κ2) is 6.06. The SMILES string of the molecule is CN1CCN/C(=C\C(N)=Nc2cc(Cl)nn(C)c2=O)C1. The summed E-state index contributed by atoms with van der Waals surface area (Å²) in [5.41, 5.74) is 6.65. The minimum atomic E-state index is -0.343. The Labute approximate surface area is 121 Å². The molecule has 1 saturated heterocycles. The van der Waals surface area contributed by atoms with E-state index in [0.29, 0.717) is 0 Å². The zero-order chi connectivity index (χ0) is 14.7. The van der Waals surface area contributed by atoms with Crippen LogP contribution in [0.4, 0.5) is 5.69 Å². The van der Waals surface area contributed by atoms with E-state index in [1.54, 1.807) is 6.08 Å². The van der Waals surface area contributed by atoms with Crippen LogP contribution in [0.25, 0.3) is 0 Å². The summed E-state index contributed by atoms with van der Waals surface area (Å²) in [5.74, 6) is 0.252. The van der Waals surface area contributed by atoms with Gasteiger partial charge in [0.1, 0.15) is 11.5 Å². The summed E-state index contributed by atoms with van der Waals surface area (Å²) in [6, 6.07) is 1.40. The lowest BCUT2D eigenvalue weighted by atomic mass is 10.3. The Morgan fingerprint density at radius 1 is 1.60 bits per heavy atom. The number of aryl methyl sites for hydroxylation is 1. The molecule has 1 aliphatic rings. The Hall–Kier alpha value is -1.86. The summed E-state index contributed by atoms with van der Waals surface area (Å²) in [4.78, 5) is 18.1. The summed E-state index contributed by atoms with van der Waals surface area (Å²) < 4.78 is 1.13. The predicted octanol–water partition coefficient (Wildman–Crippen LogP) is -0.159. The van der Waals surface area contributed by atoms with Crippen LogP contribution < -0.4 is 16.6 Å². The van der Waals surface area contributed by atoms with E-state index in [4.69, 9.17) is 17.3 Å². The van der Waals surface area contributed by atoms with Gasteiger partial charge in [-0.1, -0.05) is 11.6 Å². The lowest BCUT2D eigenvalue weighted by Gasteiger charge is -2.25. The fraction of sp³-hybridized carbons (Fsp3) is 0.417. The highest BCUT2D eigenvalue weighted by Gasteiger charge is 2.10. The van der Waals surface area contributed by atoms with Crippen molar-refractivity contribution in [2.24, 2.45) is 17.8 Å². The molecule has 0 spiro atoms. The van der Waals surface area contributed by atoms with Crippen molar-refractivity contribution in [1.29, 1.82) is 0 Å². The number of amidine groups is 1. The Morgan fingerprint density at radius 2 is 2.35 bits per heavy atom. The second-order valence-electron chi connectivity index (χ2n) is 4.65. The van der Waals surface area contributed by atoms with Gasteiger partial charge in [-0.15, -0.1) is 0 Å². The van der Waals surface area contributed by atoms with E-state index in [-0.39, 0.29) is 22.2 Å². The average molecular weight is 297 g/mol. The number of hydrogen-bond acceptors (Lipinski definition) is 5. The minimum absolute atomic E-state index is 0.172. The topological polar surface area (TPSA) is 88.5 Å². The normalized spacial score (nSPS) is 19.1. The molecule has 0 amide bonds. The third-order valence-corrected chi connectivity index (χ3v) is 3.06. The van der Waals surface area contributed by atoms with Crippen LogP contribution in [0, 0.1) is 0 Å². The van der Waals surface area contributed by atoms with E-state index in [1.165, 1.54) is 13.1 Å². The predicted molar refractivity (Wildman–Crippen MR) is 79.4 cm³/mol. The van der Waals surface area contributed by atoms with Crippen LogP contribution in [0.3, 0.4) is 0 Å². The van der Waals surface area contributed by atoms with E-state index in [2.05, 4.69) is 20.3 Å². The van der Waals surface area contributed by atoms with Crippen molar-refractivity contribution in [3.63, 3.8) is 0 Å². The summed E-state index contributed by atoms with van der Waals surface area (Å²) in [5, 5.41) is 7.23. The Balaban J connectivity index is 2.27. The van der Waals surface area contributed by atoms with E-state index in [9.17, 15) is 4.79 Å². The number of aromatic nitrogens is 2. The van der Waals surface area contributed by atoms with Crippen LogP contribution in [0.15, 0.2) is 27.6 Å². The van der Waals surface area contributed by atoms with Gasteiger partial charge in [0, 0.05) is 44.5 Å². The standard InChI is InChI=1S/C12H17ClN6O/c1-18-4-3-15-8(7-18)5-11(14)16-9-6-10(13)17-19(2)12(9)20/h5-6,15H,3-4,7H2,1-2H3,(H2,14,16)/b8-5-. The number of hydrogen-bond donors (Lipinski definition) is 2. The Kier molecular flexibility index (Phi) is 4.41. The molecule has 0 radical (unpaired) electrons. The lowest BCUT2D eigenvalue weighted by Crippen LogP contribution is -2.40. The van der Waals surface area contributed by atoms with Crippen LogP contribution in [0.1, 0.15) is 0 Å². The molecule has 1 aromatic rings. The van der Waals surface area contributed by atoms with Crippen molar-refractivity contribution in [2.45, 2.75) is 0 Å². The molecule has 0 bridgehead atoms. The molecule has 2 rings (SSSR count). The highest BCUT2D eigenvalue weighted by Crippen LogP contribution is 2.10. The van der Waals surface area contributed by atoms with Gasteiger partial charge < -0.3 is 11.1 Å². The van der Waals surface area contributed by atoms with E-state index in [0.717, 1.165) is 30.0 Å². The van der Waals surface area contributed by atoms with E-state index in [1.807, 2.05) is 7.05 Å². The Bertz CT molecular complexity index is 621. The quantitative estimate of drug-likeness (QED) is 0.585. The molecule has 3 N–H and O–H groups in total. The van der Waals surface area contributed by atoms with Crippen molar-refractivity contribution in [3.8, 4) is 0 Å². The van der Waals surface area contributed by atoms with Gasteiger partial charge in [0.2, 0.25) is 0 Å². The Morgan fingerprint density at radius 3 is 3.05 bits per heavy atom. The maximum atomic E-state index is 11.8. The zero-order valence-corrected chi connectivity index (χ0v) is 12.2. The first-order valence-corrected chi connectivity index (χ1v) is 6.54. The summed E-state index contributed by atoms with van der Waals surface area (Å²) in [6.45, 7) is 2.61. The number of rotatable bonds is 2. The monoisotopic (exact) mass is 296 g/mol. The molecule has 0 saturated carbocycles. The van der Waals surface area contributed by atoms with Gasteiger partial charge in [0.05, 0.1) is 0 Å². The first-order valence-electron chi connectivity index (χ1n) is 6.16. The van der Waals surface area contributed by atoms with E-state index >= 15 is 0 Å². The average Bonchev–Trinajstić information content (AvgIpc) is 2.35. The van der Waals surface area contributed by atoms with Crippen LogP contribution in [0.2, 0.25) is 5.15 Å². The van der Waals surface area contributed by atoms with Crippen molar-refractivity contribution >= 4 is 23.1 Å². The van der Waals surface area contributed by atoms with Gasteiger partial charge in [0.25, 0.3) is 5.56 Å². The molecule has 1 fully saturated rings. The molecule has 7 nitrogen and oxygen atoms in total. The zero-order valence-electron chi connectivity index (χ0n) is 11.4. The molecule has 2 heterocycles. The highest BCUT2D eigenvalue weighted by atomic mass is 35.5. The number of piperazine rings is 1. The largest absolute Gasteiger partial charge is 0.386 e. The third kappa shape index (κ3) is 3.58. The summed E-state index contributed by atoms with van der Waals surface area (Å²) in [6.07, 6.45) is 1.73. The number of nitrogens with one attached hydrogen (secondary N) is 1. The molecule has 20 heavy (non-hydrogen) atoms. The molecule has 0 aromatic carbocycles. The van der Waals surface area contributed by atoms with Gasteiger partial charge in [-0.2, -0.15) is 5.10 Å². The fourth-order valence-electron chi connectivity index (χ4n) is 1.92. The van der Waals surface area contributed by atoms with Gasteiger partial charge in [-0.05, 0) is 7.05 Å². The fourth-order valence-corrected chi connectivity index (χ4v) is 2.13. The smallest absolute Gasteiger partial charge is 0.292 e. The first kappa shape index (κ1) is 14.5. The maximum Gasteiger partial charge on any atom is 0.292 e. The van der Waals surface area contributed by atoms with Crippen molar-refractivity contribution < 1.29 is 0 Å². The van der Waals surface area contributed by atoms with Crippen LogP contribution in [0.5, 0.6) is 0 Å². The molecule has 1 aromatic heterocycles. The van der Waals surface area contributed by atoms with Crippen molar-refractivity contribution in [1.82, 2.24) is 20.0 Å². The summed E-state index contributed by atoms with van der Waals surface area (Å²) in [7, 11) is 3.54. The molecular formula is C12H17ClN6O. The van der Waals surface area contributed by atoms with Gasteiger partial charge in [0.15, 0.2) is 5.15 Å². The minimum Gasteiger partial charge on any atom is -0.386 e. The number of likely N-dealkylation sites (N-methyl/N-ethyl adjacent to an activating group) is 1. The van der Waals surface area contributed by atoms with Crippen molar-refractivity contribution in [2.75, 3.05) is 26.7 Å². The molecule has 0 aliphatic carbocycles. The lowest BCUT2D eigenvalue weighted by molar-refractivity contribution is 0.323. The molecule has 8 heteroatoms. The maximum absolute atomic E-state index is 11.8. The van der Waals surface area contributed by atoms with Gasteiger partial charge in [-0.25, -0.2) is 9.67 Å². The molecule has 0 atom stereocenters. The van der Waals surface area contributed by atoms with Crippen LogP contribution >= 0.6 is 11.6 Å². The van der Waals surface area contributed by atoms with Crippen LogP contribution in [-0.2, 0) is 7.05 Å². The first-order chi connectivity index (χ1) is 9.45. The molecule has 0 unspecified atom stereocenters. The number of nitrogens with two attached hydrogens (primary N) is 1. The van der Waals surface area contributed by atoms with Gasteiger partial charge >= 0.3 is 0 Å². The van der Waals surface area contributed by atoms with Gasteiger partial charge in [-0.3, -0.25) is 9.69 Å².